The van der Waals surface area contributed by atoms with Gasteiger partial charge in [0.2, 0.25) is 0 Å². The Hall–Kier alpha value is -2.35. The highest BCUT2D eigenvalue weighted by atomic mass is 35.5. The SMILES string of the molecule is Cc1nc(-c2ccc(C(F)(F)F)cc2)sc1C(=O)C=Cc1ccc(O)c(Cl)c1Cl. The van der Waals surface area contributed by atoms with Crippen molar-refractivity contribution in [2.75, 3.05) is 0 Å². The van der Waals surface area contributed by atoms with E-state index in [9.17, 15) is 23.1 Å². The standard InChI is InChI=1S/C20H12Cl2F3NO2S/c1-10-18(15(28)9-5-11-4-8-14(27)17(22)16(11)21)29-19(26-10)12-2-6-13(7-3-12)20(23,24)25/h2-9,27H,1H3. The van der Waals surface area contributed by atoms with E-state index < -0.39 is 11.7 Å². The summed E-state index contributed by atoms with van der Waals surface area (Å²) in [6.07, 6.45) is -1.65. The first kappa shape index (κ1) is 21.4. The highest BCUT2D eigenvalue weighted by molar-refractivity contribution is 7.17. The number of thiazole rings is 1. The van der Waals surface area contributed by atoms with Crippen LogP contribution >= 0.6 is 34.5 Å². The van der Waals surface area contributed by atoms with Crippen molar-refractivity contribution in [3.05, 3.63) is 74.2 Å². The predicted octanol–water partition coefficient (Wildman–Crippen LogP) is 7.05. The number of aromatic hydroxyl groups is 1. The first-order valence-electron chi connectivity index (χ1n) is 8.12. The van der Waals surface area contributed by atoms with Gasteiger partial charge in [-0.15, -0.1) is 11.3 Å². The van der Waals surface area contributed by atoms with Crippen LogP contribution < -0.4 is 0 Å². The number of carbonyl (C=O) groups excluding carboxylic acids is 1. The van der Waals surface area contributed by atoms with Crippen LogP contribution in [0.15, 0.2) is 42.5 Å². The molecule has 0 saturated heterocycles. The van der Waals surface area contributed by atoms with Gasteiger partial charge < -0.3 is 5.11 Å². The minimum absolute atomic E-state index is 0.0140. The molecule has 0 aliphatic carbocycles. The largest absolute Gasteiger partial charge is 0.506 e. The first-order valence-corrected chi connectivity index (χ1v) is 9.69. The van der Waals surface area contributed by atoms with Crippen LogP contribution in [0, 0.1) is 6.92 Å². The van der Waals surface area contributed by atoms with E-state index in [1.54, 1.807) is 6.92 Å². The summed E-state index contributed by atoms with van der Waals surface area (Å²) in [4.78, 5) is 17.2. The number of carbonyl (C=O) groups is 1. The molecule has 0 bridgehead atoms. The van der Waals surface area contributed by atoms with Gasteiger partial charge in [-0.1, -0.05) is 35.3 Å². The smallest absolute Gasteiger partial charge is 0.416 e. The van der Waals surface area contributed by atoms with E-state index in [0.717, 1.165) is 23.5 Å². The zero-order chi connectivity index (χ0) is 21.3. The number of phenols is 1. The van der Waals surface area contributed by atoms with E-state index in [4.69, 9.17) is 23.2 Å². The fourth-order valence-corrected chi connectivity index (χ4v) is 3.86. The van der Waals surface area contributed by atoms with Crippen molar-refractivity contribution in [3.63, 3.8) is 0 Å². The molecular formula is C20H12Cl2F3NO2S. The zero-order valence-electron chi connectivity index (χ0n) is 14.7. The number of aromatic nitrogens is 1. The molecule has 1 heterocycles. The molecule has 1 aromatic heterocycles. The molecule has 3 nitrogen and oxygen atoms in total. The van der Waals surface area contributed by atoms with Crippen LogP contribution in [-0.2, 0) is 6.18 Å². The van der Waals surface area contributed by atoms with Crippen LogP contribution in [0.1, 0.15) is 26.5 Å². The number of aryl methyl sites for hydroxylation is 1. The van der Waals surface area contributed by atoms with Gasteiger partial charge in [-0.3, -0.25) is 4.79 Å². The number of nitrogens with zero attached hydrogens (tertiary/aromatic N) is 1. The lowest BCUT2D eigenvalue weighted by Gasteiger charge is -2.06. The Morgan fingerprint density at radius 3 is 2.38 bits per heavy atom. The molecule has 2 aromatic carbocycles. The fourth-order valence-electron chi connectivity index (χ4n) is 2.47. The molecule has 150 valence electrons. The van der Waals surface area contributed by atoms with Crippen molar-refractivity contribution < 1.29 is 23.1 Å². The lowest BCUT2D eigenvalue weighted by Crippen LogP contribution is -2.03. The summed E-state index contributed by atoms with van der Waals surface area (Å²) >= 11 is 13.0. The minimum atomic E-state index is -4.42. The molecule has 0 unspecified atom stereocenters. The van der Waals surface area contributed by atoms with Gasteiger partial charge in [-0.25, -0.2) is 4.98 Å². The normalized spacial score (nSPS) is 11.9. The Kier molecular flexibility index (Phi) is 6.03. The topological polar surface area (TPSA) is 50.2 Å². The molecule has 0 aliphatic heterocycles. The lowest BCUT2D eigenvalue weighted by molar-refractivity contribution is -0.137. The second kappa shape index (κ2) is 8.18. The van der Waals surface area contributed by atoms with Crippen LogP contribution in [0.4, 0.5) is 13.2 Å². The van der Waals surface area contributed by atoms with E-state index in [0.29, 0.717) is 26.7 Å². The second-order valence-electron chi connectivity index (χ2n) is 6.01. The Morgan fingerprint density at radius 2 is 1.76 bits per heavy atom. The van der Waals surface area contributed by atoms with Crippen LogP contribution in [-0.4, -0.2) is 15.9 Å². The number of rotatable bonds is 4. The van der Waals surface area contributed by atoms with Crippen molar-refractivity contribution in [3.8, 4) is 16.3 Å². The Labute approximate surface area is 178 Å². The molecule has 0 atom stereocenters. The summed E-state index contributed by atoms with van der Waals surface area (Å²) in [6.45, 7) is 1.65. The third-order valence-electron chi connectivity index (χ3n) is 3.99. The summed E-state index contributed by atoms with van der Waals surface area (Å²) in [6, 6.07) is 7.47. The number of hydrogen-bond acceptors (Lipinski definition) is 4. The van der Waals surface area contributed by atoms with E-state index in [-0.39, 0.29) is 21.6 Å². The summed E-state index contributed by atoms with van der Waals surface area (Å²) in [7, 11) is 0. The number of benzene rings is 2. The average Bonchev–Trinajstić information content (AvgIpc) is 3.06. The molecule has 0 aliphatic rings. The maximum atomic E-state index is 12.7. The summed E-state index contributed by atoms with van der Waals surface area (Å²) in [5.74, 6) is -0.502. The number of alkyl halides is 3. The molecule has 29 heavy (non-hydrogen) atoms. The van der Waals surface area contributed by atoms with E-state index >= 15 is 0 Å². The van der Waals surface area contributed by atoms with Gasteiger partial charge in [0.1, 0.15) is 15.8 Å². The predicted molar refractivity (Wildman–Crippen MR) is 109 cm³/mol. The van der Waals surface area contributed by atoms with Crippen molar-refractivity contribution in [1.82, 2.24) is 4.98 Å². The summed E-state index contributed by atoms with van der Waals surface area (Å²) < 4.78 is 38.1. The number of ketones is 1. The Morgan fingerprint density at radius 1 is 1.10 bits per heavy atom. The van der Waals surface area contributed by atoms with Crippen LogP contribution in [0.2, 0.25) is 10.0 Å². The van der Waals surface area contributed by atoms with Gasteiger partial charge in [0.15, 0.2) is 5.78 Å². The van der Waals surface area contributed by atoms with E-state index in [1.807, 2.05) is 0 Å². The molecule has 0 saturated carbocycles. The molecular weight excluding hydrogens is 446 g/mol. The van der Waals surface area contributed by atoms with Crippen molar-refractivity contribution in [1.29, 1.82) is 0 Å². The molecule has 1 N–H and O–H groups in total. The zero-order valence-corrected chi connectivity index (χ0v) is 17.0. The minimum Gasteiger partial charge on any atom is -0.506 e. The third kappa shape index (κ3) is 4.63. The van der Waals surface area contributed by atoms with E-state index in [1.165, 1.54) is 36.4 Å². The third-order valence-corrected chi connectivity index (χ3v) is 6.09. The fraction of sp³-hybridized carbons (Fsp3) is 0.100. The summed E-state index contributed by atoms with van der Waals surface area (Å²) in [5.41, 5.74) is 0.656. The lowest BCUT2D eigenvalue weighted by atomic mass is 10.1. The molecule has 0 spiro atoms. The van der Waals surface area contributed by atoms with Gasteiger partial charge in [-0.05, 0) is 48.9 Å². The Balaban J connectivity index is 1.85. The second-order valence-corrected chi connectivity index (χ2v) is 7.76. The van der Waals surface area contributed by atoms with Gasteiger partial charge in [0.05, 0.1) is 21.2 Å². The molecule has 3 aromatic rings. The monoisotopic (exact) mass is 457 g/mol. The summed E-state index contributed by atoms with van der Waals surface area (Å²) in [5, 5.41) is 10.1. The van der Waals surface area contributed by atoms with Crippen molar-refractivity contribution >= 4 is 46.4 Å². The number of halogens is 5. The molecule has 0 radical (unpaired) electrons. The Bertz CT molecular complexity index is 1110. The number of allylic oxidation sites excluding steroid dienone is 1. The maximum absolute atomic E-state index is 12.7. The van der Waals surface area contributed by atoms with Gasteiger partial charge in [0, 0.05) is 5.56 Å². The highest BCUT2D eigenvalue weighted by Gasteiger charge is 2.30. The molecule has 3 rings (SSSR count). The van der Waals surface area contributed by atoms with Gasteiger partial charge >= 0.3 is 6.18 Å². The maximum Gasteiger partial charge on any atom is 0.416 e. The quantitative estimate of drug-likeness (QED) is 0.337. The van der Waals surface area contributed by atoms with Crippen molar-refractivity contribution in [2.24, 2.45) is 0 Å². The van der Waals surface area contributed by atoms with Crippen LogP contribution in [0.5, 0.6) is 5.75 Å². The average molecular weight is 458 g/mol. The van der Waals surface area contributed by atoms with Crippen LogP contribution in [0.25, 0.3) is 16.6 Å². The first-order chi connectivity index (χ1) is 13.6. The molecule has 9 heteroatoms. The van der Waals surface area contributed by atoms with Crippen molar-refractivity contribution in [2.45, 2.75) is 13.1 Å². The van der Waals surface area contributed by atoms with Crippen LogP contribution in [0.3, 0.4) is 0 Å². The molecule has 0 amide bonds. The van der Waals surface area contributed by atoms with Gasteiger partial charge in [-0.2, -0.15) is 13.2 Å². The van der Waals surface area contributed by atoms with Gasteiger partial charge in [0.25, 0.3) is 0 Å². The van der Waals surface area contributed by atoms with E-state index in [2.05, 4.69) is 4.98 Å². The molecule has 0 fully saturated rings. The number of phenolic OH excluding ortho intramolecular Hbond substituents is 1. The highest BCUT2D eigenvalue weighted by Crippen LogP contribution is 2.35. The number of hydrogen-bond donors (Lipinski definition) is 1.